The molecule has 1 aliphatic rings. The van der Waals surface area contributed by atoms with Crippen LogP contribution in [0.3, 0.4) is 0 Å². The number of carbonyl (C=O) groups is 2. The maximum Gasteiger partial charge on any atom is 0.413 e. The zero-order valence-electron chi connectivity index (χ0n) is 6.84. The highest BCUT2D eigenvalue weighted by Gasteiger charge is 2.33. The molecule has 0 radical (unpaired) electrons. The molecule has 14 heavy (non-hydrogen) atoms. The summed E-state index contributed by atoms with van der Waals surface area (Å²) in [7, 11) is 0. The quantitative estimate of drug-likeness (QED) is 0.415. The lowest BCUT2D eigenvalue weighted by Gasteiger charge is -2.11. The molecule has 8 heteroatoms. The van der Waals surface area contributed by atoms with Crippen LogP contribution >= 0.6 is 12.2 Å². The van der Waals surface area contributed by atoms with Crippen molar-refractivity contribution in [3.8, 4) is 0 Å². The van der Waals surface area contributed by atoms with Crippen molar-refractivity contribution >= 4 is 24.0 Å². The molecule has 0 unspecified atom stereocenters. The predicted molar refractivity (Wildman–Crippen MR) is 40.7 cm³/mol. The van der Waals surface area contributed by atoms with E-state index >= 15 is 0 Å². The van der Waals surface area contributed by atoms with Gasteiger partial charge in [-0.05, 0) is 0 Å². The van der Waals surface area contributed by atoms with Crippen molar-refractivity contribution in [2.24, 2.45) is 0 Å². The second-order valence-electron chi connectivity index (χ2n) is 2.53. The van der Waals surface area contributed by atoms with Crippen LogP contribution in [-0.4, -0.2) is 28.9 Å². The number of nitrogens with zero attached hydrogens (tertiary/aromatic N) is 1. The molecule has 0 saturated carbocycles. The molecule has 2 amide bonds. The minimum atomic E-state index is -4.46. The van der Waals surface area contributed by atoms with E-state index in [0.29, 0.717) is 4.31 Å². The number of halogens is 3. The average Bonchev–Trinajstić information content (AvgIpc) is 2.33. The second-order valence-corrected chi connectivity index (χ2v) is 3.28. The summed E-state index contributed by atoms with van der Waals surface area (Å²) in [5.74, 6) is -1.05. The molecule has 0 aliphatic carbocycles. The van der Waals surface area contributed by atoms with Gasteiger partial charge in [0.2, 0.25) is 11.8 Å². The Bertz CT molecular complexity index is 239. The Labute approximate surface area is 81.7 Å². The number of hydrogen-bond donors (Lipinski definition) is 0. The van der Waals surface area contributed by atoms with E-state index in [1.807, 2.05) is 0 Å². The number of amides is 2. The fourth-order valence-corrected chi connectivity index (χ4v) is 1.43. The first kappa shape index (κ1) is 11.3. The Morgan fingerprint density at radius 3 is 2.21 bits per heavy atom. The third kappa shape index (κ3) is 3.18. The summed E-state index contributed by atoms with van der Waals surface area (Å²) in [6.07, 6.45) is -4.40. The van der Waals surface area contributed by atoms with E-state index < -0.39 is 24.6 Å². The number of imide groups is 1. The fourth-order valence-electron chi connectivity index (χ4n) is 0.785. The standard InChI is InChI=1S/C6H6F3NO3S/c7-6(8,9)3-13-14-10-4(11)1-2-5(10)12/h1-3H2. The van der Waals surface area contributed by atoms with Crippen LogP contribution in [0.15, 0.2) is 0 Å². The van der Waals surface area contributed by atoms with Gasteiger partial charge in [0.05, 0.1) is 0 Å². The molecule has 1 rings (SSSR count). The third-order valence-electron chi connectivity index (χ3n) is 1.36. The lowest BCUT2D eigenvalue weighted by molar-refractivity contribution is -0.152. The first-order valence-corrected chi connectivity index (χ1v) is 4.32. The highest BCUT2D eigenvalue weighted by molar-refractivity contribution is 7.93. The van der Waals surface area contributed by atoms with Crippen molar-refractivity contribution < 1.29 is 26.9 Å². The number of carbonyl (C=O) groups excluding carboxylic acids is 2. The monoisotopic (exact) mass is 229 g/mol. The Balaban J connectivity index is 2.31. The van der Waals surface area contributed by atoms with E-state index in [-0.39, 0.29) is 25.1 Å². The van der Waals surface area contributed by atoms with Gasteiger partial charge in [0.1, 0.15) is 12.2 Å². The van der Waals surface area contributed by atoms with Gasteiger partial charge in [-0.3, -0.25) is 13.8 Å². The first-order chi connectivity index (χ1) is 6.40. The summed E-state index contributed by atoms with van der Waals surface area (Å²) in [6.45, 7) is -1.49. The van der Waals surface area contributed by atoms with Crippen LogP contribution in [0.5, 0.6) is 0 Å². The van der Waals surface area contributed by atoms with E-state index in [9.17, 15) is 22.8 Å². The van der Waals surface area contributed by atoms with Gasteiger partial charge in [0.15, 0.2) is 6.61 Å². The van der Waals surface area contributed by atoms with E-state index in [1.165, 1.54) is 0 Å². The summed E-state index contributed by atoms with van der Waals surface area (Å²) in [4.78, 5) is 21.7. The van der Waals surface area contributed by atoms with Crippen LogP contribution in [0.4, 0.5) is 13.2 Å². The zero-order valence-corrected chi connectivity index (χ0v) is 7.65. The number of alkyl halides is 3. The number of hydrogen-bond acceptors (Lipinski definition) is 4. The first-order valence-electron chi connectivity index (χ1n) is 3.62. The zero-order chi connectivity index (χ0) is 10.8. The highest BCUT2D eigenvalue weighted by Crippen LogP contribution is 2.24. The summed E-state index contributed by atoms with van der Waals surface area (Å²) >= 11 is 0.141. The molecule has 1 aliphatic heterocycles. The largest absolute Gasteiger partial charge is 0.413 e. The van der Waals surface area contributed by atoms with Crippen LogP contribution in [-0.2, 0) is 13.8 Å². The summed E-state index contributed by atoms with van der Waals surface area (Å²) in [6, 6.07) is 0. The molecular weight excluding hydrogens is 223 g/mol. The minimum absolute atomic E-state index is 0.0290. The van der Waals surface area contributed by atoms with Crippen LogP contribution in [0.2, 0.25) is 0 Å². The van der Waals surface area contributed by atoms with Gasteiger partial charge < -0.3 is 0 Å². The maximum atomic E-state index is 11.6. The molecule has 80 valence electrons. The molecule has 4 nitrogen and oxygen atoms in total. The maximum absolute atomic E-state index is 11.6. The lowest BCUT2D eigenvalue weighted by atomic mass is 10.4. The van der Waals surface area contributed by atoms with Crippen molar-refractivity contribution in [1.82, 2.24) is 4.31 Å². The van der Waals surface area contributed by atoms with Gasteiger partial charge in [0, 0.05) is 12.8 Å². The molecule has 0 spiro atoms. The van der Waals surface area contributed by atoms with Crippen LogP contribution in [0, 0.1) is 0 Å². The molecule has 1 heterocycles. The van der Waals surface area contributed by atoms with Gasteiger partial charge in [0.25, 0.3) is 0 Å². The molecule has 0 aromatic carbocycles. The predicted octanol–water partition coefficient (Wildman–Crippen LogP) is 1.28. The molecule has 0 aromatic rings. The highest BCUT2D eigenvalue weighted by atomic mass is 32.2. The normalized spacial score (nSPS) is 18.1. The van der Waals surface area contributed by atoms with Gasteiger partial charge in [-0.15, -0.1) is 0 Å². The molecule has 1 saturated heterocycles. The molecular formula is C6H6F3NO3S. The summed E-state index contributed by atoms with van der Waals surface area (Å²) < 4.78 is 39.5. The van der Waals surface area contributed by atoms with Gasteiger partial charge in [-0.1, -0.05) is 0 Å². The minimum Gasteiger partial charge on any atom is -0.287 e. The van der Waals surface area contributed by atoms with Crippen molar-refractivity contribution in [3.63, 3.8) is 0 Å². The van der Waals surface area contributed by atoms with Crippen LogP contribution in [0.1, 0.15) is 12.8 Å². The Kier molecular flexibility index (Phi) is 3.38. The fraction of sp³-hybridized carbons (Fsp3) is 0.667. The topological polar surface area (TPSA) is 46.6 Å². The Hall–Kier alpha value is -0.760. The SMILES string of the molecule is O=C1CCC(=O)N1SOCC(F)(F)F. The van der Waals surface area contributed by atoms with Crippen LogP contribution < -0.4 is 0 Å². The van der Waals surface area contributed by atoms with Gasteiger partial charge in [-0.25, -0.2) is 0 Å². The van der Waals surface area contributed by atoms with E-state index in [1.54, 1.807) is 0 Å². The van der Waals surface area contributed by atoms with Gasteiger partial charge in [-0.2, -0.15) is 17.5 Å². The van der Waals surface area contributed by atoms with Crippen molar-refractivity contribution in [2.45, 2.75) is 19.0 Å². The third-order valence-corrected chi connectivity index (χ3v) is 2.14. The molecule has 0 bridgehead atoms. The Morgan fingerprint density at radius 2 is 1.79 bits per heavy atom. The van der Waals surface area contributed by atoms with Gasteiger partial charge >= 0.3 is 6.18 Å². The lowest BCUT2D eigenvalue weighted by Crippen LogP contribution is -2.23. The van der Waals surface area contributed by atoms with E-state index in [4.69, 9.17) is 0 Å². The summed E-state index contributed by atoms with van der Waals surface area (Å²) in [5, 5.41) is 0. The smallest absolute Gasteiger partial charge is 0.287 e. The summed E-state index contributed by atoms with van der Waals surface area (Å²) in [5.41, 5.74) is 0. The molecule has 0 N–H and O–H groups in total. The van der Waals surface area contributed by atoms with Crippen LogP contribution in [0.25, 0.3) is 0 Å². The molecule has 0 atom stereocenters. The second kappa shape index (κ2) is 4.18. The van der Waals surface area contributed by atoms with E-state index in [0.717, 1.165) is 0 Å². The number of rotatable bonds is 3. The van der Waals surface area contributed by atoms with Crippen molar-refractivity contribution in [3.05, 3.63) is 0 Å². The average molecular weight is 229 g/mol. The van der Waals surface area contributed by atoms with Crippen molar-refractivity contribution in [2.75, 3.05) is 6.61 Å². The molecule has 0 aromatic heterocycles. The Morgan fingerprint density at radius 1 is 1.29 bits per heavy atom. The van der Waals surface area contributed by atoms with E-state index in [2.05, 4.69) is 4.18 Å². The van der Waals surface area contributed by atoms with Crippen molar-refractivity contribution in [1.29, 1.82) is 0 Å². The molecule has 1 fully saturated rings.